The summed E-state index contributed by atoms with van der Waals surface area (Å²) >= 11 is 1.17. The molecule has 1 amide bonds. The average Bonchev–Trinajstić information content (AvgIpc) is 2.57. The van der Waals surface area contributed by atoms with Gasteiger partial charge in [0.2, 0.25) is 0 Å². The number of amides is 1. The lowest BCUT2D eigenvalue weighted by atomic mass is 10.3. The minimum Gasteiger partial charge on any atom is -0.397 e. The van der Waals surface area contributed by atoms with Crippen LogP contribution in [0.2, 0.25) is 0 Å². The van der Waals surface area contributed by atoms with Gasteiger partial charge < -0.3 is 11.1 Å². The largest absolute Gasteiger partial charge is 0.397 e. The third kappa shape index (κ3) is 1.91. The van der Waals surface area contributed by atoms with Crippen LogP contribution in [-0.2, 0) is 4.84 Å². The number of rotatable bonds is 3. The molecule has 0 saturated carbocycles. The minimum atomic E-state index is -0.266. The zero-order valence-corrected chi connectivity index (χ0v) is 8.72. The molecular weight excluding hydrogens is 202 g/mol. The van der Waals surface area contributed by atoms with Gasteiger partial charge in [-0.3, -0.25) is 9.63 Å². The van der Waals surface area contributed by atoms with Crippen molar-refractivity contribution in [3.05, 3.63) is 15.8 Å². The van der Waals surface area contributed by atoms with Gasteiger partial charge >= 0.3 is 0 Å². The number of nitrogens with one attached hydrogen (secondary N) is 1. The van der Waals surface area contributed by atoms with E-state index >= 15 is 0 Å². The van der Waals surface area contributed by atoms with E-state index in [0.717, 1.165) is 11.3 Å². The second-order valence-corrected chi connectivity index (χ2v) is 3.64. The van der Waals surface area contributed by atoms with Crippen molar-refractivity contribution in [2.45, 2.75) is 0 Å². The van der Waals surface area contributed by atoms with E-state index < -0.39 is 0 Å². The normalized spacial score (nSPS) is 9.86. The number of nitrogens with two attached hydrogens (primary N) is 1. The molecule has 0 saturated heterocycles. The predicted molar refractivity (Wildman–Crippen MR) is 55.7 cm³/mol. The van der Waals surface area contributed by atoms with Crippen molar-refractivity contribution in [1.82, 2.24) is 5.06 Å². The highest BCUT2D eigenvalue weighted by Gasteiger charge is 2.15. The molecule has 1 aromatic heterocycles. The summed E-state index contributed by atoms with van der Waals surface area (Å²) < 4.78 is 0. The topological polar surface area (TPSA) is 79.4 Å². The highest BCUT2D eigenvalue weighted by molar-refractivity contribution is 7.16. The number of nitrogens with zero attached hydrogens (tertiary/aromatic N) is 1. The number of hydrogen-bond acceptors (Lipinski definition) is 5. The molecule has 1 heterocycles. The van der Waals surface area contributed by atoms with Crippen molar-refractivity contribution in [3.8, 4) is 0 Å². The Labute approximate surface area is 85.5 Å². The summed E-state index contributed by atoms with van der Waals surface area (Å²) in [4.78, 5) is 17.3. The summed E-state index contributed by atoms with van der Waals surface area (Å²) in [5.74, 6) is -0.266. The second kappa shape index (κ2) is 4.21. The number of carbonyl (C=O) groups excluding carboxylic acids is 1. The maximum atomic E-state index is 11.5. The van der Waals surface area contributed by atoms with E-state index in [1.807, 2.05) is 0 Å². The van der Waals surface area contributed by atoms with E-state index in [9.17, 15) is 4.79 Å². The molecule has 0 spiro atoms. The fourth-order valence-electron chi connectivity index (χ4n) is 0.875. The number of anilines is 1. The minimum absolute atomic E-state index is 0.266. The van der Waals surface area contributed by atoms with E-state index in [4.69, 9.17) is 16.0 Å². The van der Waals surface area contributed by atoms with Crippen LogP contribution in [0.25, 0.3) is 0 Å². The molecular formula is C8H11N3O2S. The first kappa shape index (κ1) is 10.7. The summed E-state index contributed by atoms with van der Waals surface area (Å²) in [6, 6.07) is 1.54. The van der Waals surface area contributed by atoms with Crippen LogP contribution in [0.1, 0.15) is 14.5 Å². The van der Waals surface area contributed by atoms with Crippen LogP contribution in [0.4, 0.5) is 5.69 Å². The van der Waals surface area contributed by atoms with Crippen LogP contribution in [0.3, 0.4) is 0 Å². The van der Waals surface area contributed by atoms with Crippen LogP contribution < -0.4 is 5.73 Å². The molecule has 1 aromatic rings. The smallest absolute Gasteiger partial charge is 0.287 e. The Bertz CT molecular complexity index is 361. The predicted octanol–water partition coefficient (Wildman–Crippen LogP) is 0.961. The van der Waals surface area contributed by atoms with Gasteiger partial charge in [0.15, 0.2) is 0 Å². The molecule has 0 aliphatic rings. The van der Waals surface area contributed by atoms with E-state index in [2.05, 4.69) is 0 Å². The van der Waals surface area contributed by atoms with Gasteiger partial charge in [0.1, 0.15) is 0 Å². The molecule has 1 rings (SSSR count). The number of nitrogen functional groups attached to an aromatic ring is 1. The number of thiophene rings is 1. The van der Waals surface area contributed by atoms with Gasteiger partial charge in [0.05, 0.1) is 22.6 Å². The Balaban J connectivity index is 2.96. The molecule has 0 bridgehead atoms. The average molecular weight is 213 g/mol. The summed E-state index contributed by atoms with van der Waals surface area (Å²) in [6.45, 7) is 0. The molecule has 5 nitrogen and oxygen atoms in total. The SMILES string of the molecule is CON(C)C(=O)c1cc(N)c(C=N)s1. The molecule has 0 fully saturated rings. The quantitative estimate of drug-likeness (QED) is 0.579. The van der Waals surface area contributed by atoms with E-state index in [1.54, 1.807) is 6.07 Å². The summed E-state index contributed by atoms with van der Waals surface area (Å²) in [6.07, 6.45) is 1.13. The van der Waals surface area contributed by atoms with Gasteiger partial charge in [-0.1, -0.05) is 0 Å². The van der Waals surface area contributed by atoms with Crippen LogP contribution in [-0.4, -0.2) is 31.3 Å². The van der Waals surface area contributed by atoms with E-state index in [-0.39, 0.29) is 5.91 Å². The molecule has 0 unspecified atom stereocenters. The lowest BCUT2D eigenvalue weighted by Gasteiger charge is -2.11. The summed E-state index contributed by atoms with van der Waals surface area (Å²) in [5.41, 5.74) is 6.02. The van der Waals surface area contributed by atoms with Crippen molar-refractivity contribution in [2.75, 3.05) is 19.9 Å². The van der Waals surface area contributed by atoms with Crippen LogP contribution >= 0.6 is 11.3 Å². The monoisotopic (exact) mass is 213 g/mol. The van der Waals surface area contributed by atoms with Crippen LogP contribution in [0.5, 0.6) is 0 Å². The third-order valence-corrected chi connectivity index (χ3v) is 2.78. The van der Waals surface area contributed by atoms with Crippen molar-refractivity contribution >= 4 is 29.1 Å². The number of hydroxylamine groups is 2. The molecule has 0 atom stereocenters. The lowest BCUT2D eigenvalue weighted by molar-refractivity contribution is -0.0753. The molecule has 3 N–H and O–H groups in total. The molecule has 14 heavy (non-hydrogen) atoms. The highest BCUT2D eigenvalue weighted by Crippen LogP contribution is 2.23. The Hall–Kier alpha value is -1.40. The zero-order chi connectivity index (χ0) is 10.7. The lowest BCUT2D eigenvalue weighted by Crippen LogP contribution is -2.24. The van der Waals surface area contributed by atoms with Gasteiger partial charge in [-0.25, -0.2) is 5.06 Å². The first-order valence-corrected chi connectivity index (χ1v) is 4.63. The Morgan fingerprint density at radius 1 is 1.79 bits per heavy atom. The van der Waals surface area contributed by atoms with Gasteiger partial charge in [-0.05, 0) is 6.07 Å². The van der Waals surface area contributed by atoms with Crippen LogP contribution in [0.15, 0.2) is 6.07 Å². The van der Waals surface area contributed by atoms with Gasteiger partial charge in [-0.2, -0.15) is 0 Å². The Morgan fingerprint density at radius 2 is 2.43 bits per heavy atom. The Kier molecular flexibility index (Phi) is 3.21. The molecule has 0 aliphatic heterocycles. The standard InChI is InChI=1S/C8H11N3O2S/c1-11(13-2)8(12)6-3-5(10)7(4-9)14-6/h3-4,9H,10H2,1-2H3. The van der Waals surface area contributed by atoms with Crippen molar-refractivity contribution in [2.24, 2.45) is 0 Å². The van der Waals surface area contributed by atoms with Gasteiger partial charge in [-0.15, -0.1) is 11.3 Å². The third-order valence-electron chi connectivity index (χ3n) is 1.69. The summed E-state index contributed by atoms with van der Waals surface area (Å²) in [7, 11) is 2.93. The maximum absolute atomic E-state index is 11.5. The zero-order valence-electron chi connectivity index (χ0n) is 7.90. The maximum Gasteiger partial charge on any atom is 0.287 e. The van der Waals surface area contributed by atoms with Crippen LogP contribution in [0, 0.1) is 5.41 Å². The Morgan fingerprint density at radius 3 is 2.86 bits per heavy atom. The number of carbonyl (C=O) groups is 1. The van der Waals surface area contributed by atoms with Gasteiger partial charge in [0, 0.05) is 13.3 Å². The number of hydrogen-bond donors (Lipinski definition) is 2. The highest BCUT2D eigenvalue weighted by atomic mass is 32.1. The first-order valence-electron chi connectivity index (χ1n) is 3.82. The van der Waals surface area contributed by atoms with Crippen molar-refractivity contribution in [3.63, 3.8) is 0 Å². The fraction of sp³-hybridized carbons (Fsp3) is 0.250. The second-order valence-electron chi connectivity index (χ2n) is 2.56. The molecule has 6 heteroatoms. The van der Waals surface area contributed by atoms with Gasteiger partial charge in [0.25, 0.3) is 5.91 Å². The van der Waals surface area contributed by atoms with E-state index in [1.165, 1.54) is 25.5 Å². The van der Waals surface area contributed by atoms with Crippen molar-refractivity contribution in [1.29, 1.82) is 5.41 Å². The fourth-order valence-corrected chi connectivity index (χ4v) is 1.75. The molecule has 0 radical (unpaired) electrons. The molecule has 0 aromatic carbocycles. The molecule has 76 valence electrons. The van der Waals surface area contributed by atoms with E-state index in [0.29, 0.717) is 15.4 Å². The molecule has 0 aliphatic carbocycles. The summed E-state index contributed by atoms with van der Waals surface area (Å²) in [5, 5.41) is 8.15. The van der Waals surface area contributed by atoms with Crippen molar-refractivity contribution < 1.29 is 9.63 Å². The first-order chi connectivity index (χ1) is 6.60.